The van der Waals surface area contributed by atoms with Crippen LogP contribution < -0.4 is 0 Å². The van der Waals surface area contributed by atoms with Gasteiger partial charge in [-0.1, -0.05) is 0 Å². The SMILES string of the molecule is CO[P@]1(=O)OCC[C@H](C)O1. The second-order valence-corrected chi connectivity index (χ2v) is 3.90. The molecule has 0 amide bonds. The fourth-order valence-electron chi connectivity index (χ4n) is 0.730. The summed E-state index contributed by atoms with van der Waals surface area (Å²) < 4.78 is 25.4. The van der Waals surface area contributed by atoms with Crippen LogP contribution in [0.15, 0.2) is 0 Å². The average Bonchev–Trinajstić information content (AvgIpc) is 1.88. The van der Waals surface area contributed by atoms with E-state index in [1.807, 2.05) is 6.92 Å². The topological polar surface area (TPSA) is 44.8 Å². The van der Waals surface area contributed by atoms with E-state index in [4.69, 9.17) is 9.05 Å². The van der Waals surface area contributed by atoms with Crippen LogP contribution >= 0.6 is 7.82 Å². The number of phosphoric acid groups is 1. The summed E-state index contributed by atoms with van der Waals surface area (Å²) in [6.45, 7) is 2.29. The Morgan fingerprint density at radius 3 is 2.80 bits per heavy atom. The van der Waals surface area contributed by atoms with Crippen LogP contribution in [0.1, 0.15) is 13.3 Å². The standard InChI is InChI=1S/C5H11O4P/c1-5-3-4-8-10(6,7-2)9-5/h5H,3-4H2,1-2H3/t5-,10+/m0/s1. The van der Waals surface area contributed by atoms with E-state index in [1.54, 1.807) is 0 Å². The zero-order valence-corrected chi connectivity index (χ0v) is 6.97. The number of hydrogen-bond acceptors (Lipinski definition) is 4. The largest absolute Gasteiger partial charge is 0.474 e. The van der Waals surface area contributed by atoms with E-state index in [0.717, 1.165) is 6.42 Å². The Morgan fingerprint density at radius 2 is 2.40 bits per heavy atom. The molecule has 1 aliphatic heterocycles. The lowest BCUT2D eigenvalue weighted by Gasteiger charge is -2.25. The maximum Gasteiger partial charge on any atom is 0.474 e. The van der Waals surface area contributed by atoms with Crippen LogP contribution in [0.2, 0.25) is 0 Å². The second-order valence-electron chi connectivity index (χ2n) is 2.17. The zero-order valence-electron chi connectivity index (χ0n) is 6.07. The molecule has 4 nitrogen and oxygen atoms in total. The van der Waals surface area contributed by atoms with Crippen molar-refractivity contribution in [2.75, 3.05) is 13.7 Å². The summed E-state index contributed by atoms with van der Waals surface area (Å²) in [7, 11) is -1.83. The molecule has 1 fully saturated rings. The minimum Gasteiger partial charge on any atom is -0.290 e. The van der Waals surface area contributed by atoms with Gasteiger partial charge in [0.2, 0.25) is 0 Å². The molecule has 0 unspecified atom stereocenters. The Morgan fingerprint density at radius 1 is 1.70 bits per heavy atom. The molecule has 0 radical (unpaired) electrons. The van der Waals surface area contributed by atoms with Crippen molar-refractivity contribution >= 4 is 7.82 Å². The summed E-state index contributed by atoms with van der Waals surface area (Å²) in [6, 6.07) is 0. The monoisotopic (exact) mass is 166 g/mol. The van der Waals surface area contributed by atoms with E-state index in [9.17, 15) is 4.57 Å². The van der Waals surface area contributed by atoms with Gasteiger partial charge < -0.3 is 0 Å². The molecule has 60 valence electrons. The number of rotatable bonds is 1. The van der Waals surface area contributed by atoms with Crippen molar-refractivity contribution in [3.05, 3.63) is 0 Å². The lowest BCUT2D eigenvalue weighted by Crippen LogP contribution is -2.17. The van der Waals surface area contributed by atoms with Gasteiger partial charge in [0.15, 0.2) is 0 Å². The van der Waals surface area contributed by atoms with Crippen molar-refractivity contribution in [1.82, 2.24) is 0 Å². The maximum atomic E-state index is 11.1. The Balaban J connectivity index is 2.54. The van der Waals surface area contributed by atoms with Crippen molar-refractivity contribution < 1.29 is 18.1 Å². The van der Waals surface area contributed by atoms with Gasteiger partial charge in [-0.3, -0.25) is 13.6 Å². The molecule has 0 aromatic heterocycles. The van der Waals surface area contributed by atoms with Crippen LogP contribution in [-0.4, -0.2) is 19.8 Å². The van der Waals surface area contributed by atoms with E-state index in [0.29, 0.717) is 6.61 Å². The quantitative estimate of drug-likeness (QED) is 0.554. The van der Waals surface area contributed by atoms with Gasteiger partial charge in [-0.25, -0.2) is 4.57 Å². The molecule has 5 heteroatoms. The first kappa shape index (κ1) is 8.21. The smallest absolute Gasteiger partial charge is 0.290 e. The second kappa shape index (κ2) is 3.01. The molecular formula is C5H11O4P. The summed E-state index contributed by atoms with van der Waals surface area (Å²) in [4.78, 5) is 0. The number of hydrogen-bond donors (Lipinski definition) is 0. The third-order valence-electron chi connectivity index (χ3n) is 1.31. The van der Waals surface area contributed by atoms with Gasteiger partial charge in [-0.05, 0) is 13.3 Å². The summed E-state index contributed by atoms with van der Waals surface area (Å²) in [5.74, 6) is 0. The maximum absolute atomic E-state index is 11.1. The van der Waals surface area contributed by atoms with Gasteiger partial charge in [-0.15, -0.1) is 0 Å². The fraction of sp³-hybridized carbons (Fsp3) is 1.00. The van der Waals surface area contributed by atoms with Crippen LogP contribution in [-0.2, 0) is 18.1 Å². The Kier molecular flexibility index (Phi) is 2.47. The van der Waals surface area contributed by atoms with Gasteiger partial charge in [-0.2, -0.15) is 0 Å². The van der Waals surface area contributed by atoms with Crippen molar-refractivity contribution in [3.63, 3.8) is 0 Å². The fourth-order valence-corrected chi connectivity index (χ4v) is 1.86. The molecule has 1 rings (SSSR count). The van der Waals surface area contributed by atoms with Crippen molar-refractivity contribution in [3.8, 4) is 0 Å². The van der Waals surface area contributed by atoms with Crippen molar-refractivity contribution in [1.29, 1.82) is 0 Å². The molecule has 10 heavy (non-hydrogen) atoms. The Hall–Kier alpha value is 0.110. The van der Waals surface area contributed by atoms with Crippen LogP contribution in [0.3, 0.4) is 0 Å². The van der Waals surface area contributed by atoms with Crippen molar-refractivity contribution in [2.24, 2.45) is 0 Å². The lowest BCUT2D eigenvalue weighted by atomic mass is 10.3. The van der Waals surface area contributed by atoms with E-state index in [2.05, 4.69) is 4.52 Å². The Bertz CT molecular complexity index is 158. The summed E-state index contributed by atoms with van der Waals surface area (Å²) in [5.41, 5.74) is 0. The predicted molar refractivity (Wildman–Crippen MR) is 35.7 cm³/mol. The minimum absolute atomic E-state index is 0.0282. The third-order valence-corrected chi connectivity index (χ3v) is 2.87. The molecule has 0 aromatic carbocycles. The minimum atomic E-state index is -3.15. The molecular weight excluding hydrogens is 155 g/mol. The van der Waals surface area contributed by atoms with Gasteiger partial charge in [0.05, 0.1) is 12.7 Å². The van der Waals surface area contributed by atoms with Crippen LogP contribution in [0.25, 0.3) is 0 Å². The van der Waals surface area contributed by atoms with Crippen molar-refractivity contribution in [2.45, 2.75) is 19.4 Å². The Labute approximate surface area is 60.1 Å². The summed E-state index contributed by atoms with van der Waals surface area (Å²) >= 11 is 0. The highest BCUT2D eigenvalue weighted by Crippen LogP contribution is 2.52. The molecule has 1 aliphatic rings. The molecule has 1 heterocycles. The predicted octanol–water partition coefficient (Wildman–Crippen LogP) is 1.57. The molecule has 0 spiro atoms. The third kappa shape index (κ3) is 1.80. The molecule has 0 bridgehead atoms. The van der Waals surface area contributed by atoms with E-state index < -0.39 is 7.82 Å². The highest BCUT2D eigenvalue weighted by atomic mass is 31.2. The molecule has 0 aromatic rings. The average molecular weight is 166 g/mol. The van der Waals surface area contributed by atoms with Crippen LogP contribution in [0.5, 0.6) is 0 Å². The molecule has 0 aliphatic carbocycles. The van der Waals surface area contributed by atoms with Crippen LogP contribution in [0, 0.1) is 0 Å². The van der Waals surface area contributed by atoms with Gasteiger partial charge >= 0.3 is 7.82 Å². The highest BCUT2D eigenvalue weighted by molar-refractivity contribution is 7.48. The van der Waals surface area contributed by atoms with E-state index >= 15 is 0 Å². The van der Waals surface area contributed by atoms with Gasteiger partial charge in [0.25, 0.3) is 0 Å². The van der Waals surface area contributed by atoms with Gasteiger partial charge in [0, 0.05) is 7.11 Å². The normalized spacial score (nSPS) is 41.6. The summed E-state index contributed by atoms with van der Waals surface area (Å²) in [6.07, 6.45) is 0.743. The molecule has 0 saturated carbocycles. The van der Waals surface area contributed by atoms with E-state index in [1.165, 1.54) is 7.11 Å². The highest BCUT2D eigenvalue weighted by Gasteiger charge is 2.31. The molecule has 2 atom stereocenters. The summed E-state index contributed by atoms with van der Waals surface area (Å²) in [5, 5.41) is 0. The molecule has 0 N–H and O–H groups in total. The first-order chi connectivity index (χ1) is 4.66. The van der Waals surface area contributed by atoms with Crippen LogP contribution in [0.4, 0.5) is 0 Å². The first-order valence-corrected chi connectivity index (χ1v) is 4.61. The lowest BCUT2D eigenvalue weighted by molar-refractivity contribution is 0.0466. The number of phosphoric ester groups is 1. The van der Waals surface area contributed by atoms with E-state index in [-0.39, 0.29) is 6.10 Å². The first-order valence-electron chi connectivity index (χ1n) is 3.15. The molecule has 1 saturated heterocycles. The zero-order chi connectivity index (χ0) is 7.61. The van der Waals surface area contributed by atoms with Gasteiger partial charge in [0.1, 0.15) is 0 Å².